The van der Waals surface area contributed by atoms with Crippen LogP contribution in [0.5, 0.6) is 0 Å². The van der Waals surface area contributed by atoms with Crippen LogP contribution in [0.25, 0.3) is 0 Å². The number of carbonyl (C=O) groups excluding carboxylic acids is 1. The molecule has 0 N–H and O–H groups in total. The fourth-order valence-corrected chi connectivity index (χ4v) is 4.17. The summed E-state index contributed by atoms with van der Waals surface area (Å²) in [6.45, 7) is 1.42. The molecular formula is C11H16FNO2S. The quantitative estimate of drug-likeness (QED) is 0.732. The van der Waals surface area contributed by atoms with Crippen LogP contribution in [-0.4, -0.2) is 53.3 Å². The first-order valence-electron chi connectivity index (χ1n) is 5.72. The second-order valence-corrected chi connectivity index (χ2v) is 6.67. The Labute approximate surface area is 98.7 Å². The third kappa shape index (κ3) is 1.56. The standard InChI is InChI=1S/C11H16FNO2S/c1-15-8-4-10(16-5-8)6-13(7-10)9(14)11(12)2-3-11/h8H,2-7H2,1H3. The van der Waals surface area contributed by atoms with Crippen LogP contribution in [-0.2, 0) is 9.53 Å². The molecule has 3 rings (SSSR count). The topological polar surface area (TPSA) is 29.5 Å². The van der Waals surface area contributed by atoms with Crippen molar-refractivity contribution in [3.8, 4) is 0 Å². The summed E-state index contributed by atoms with van der Waals surface area (Å²) in [4.78, 5) is 13.4. The molecule has 3 aliphatic rings. The summed E-state index contributed by atoms with van der Waals surface area (Å²) in [6, 6.07) is 0. The molecule has 1 aliphatic carbocycles. The van der Waals surface area contributed by atoms with Gasteiger partial charge in [-0.05, 0) is 19.3 Å². The van der Waals surface area contributed by atoms with Crippen LogP contribution in [0.3, 0.4) is 0 Å². The van der Waals surface area contributed by atoms with Crippen LogP contribution in [0.2, 0.25) is 0 Å². The first-order valence-corrected chi connectivity index (χ1v) is 6.71. The highest BCUT2D eigenvalue weighted by atomic mass is 32.2. The number of methoxy groups -OCH3 is 1. The molecule has 2 aliphatic heterocycles. The van der Waals surface area contributed by atoms with Crippen molar-refractivity contribution in [2.45, 2.75) is 35.8 Å². The predicted octanol–water partition coefficient (Wildman–Crippen LogP) is 1.22. The molecule has 0 radical (unpaired) electrons. The third-order valence-electron chi connectivity index (χ3n) is 3.83. The fraction of sp³-hybridized carbons (Fsp3) is 0.909. The summed E-state index contributed by atoms with van der Waals surface area (Å²) >= 11 is 1.88. The van der Waals surface area contributed by atoms with E-state index >= 15 is 0 Å². The monoisotopic (exact) mass is 245 g/mol. The summed E-state index contributed by atoms with van der Waals surface area (Å²) in [5.74, 6) is 0.721. The number of rotatable bonds is 2. The van der Waals surface area contributed by atoms with Gasteiger partial charge >= 0.3 is 0 Å². The molecule has 3 fully saturated rings. The Bertz CT molecular complexity index is 326. The van der Waals surface area contributed by atoms with E-state index in [9.17, 15) is 9.18 Å². The molecule has 2 heterocycles. The van der Waals surface area contributed by atoms with Crippen LogP contribution in [0.1, 0.15) is 19.3 Å². The van der Waals surface area contributed by atoms with E-state index in [0.717, 1.165) is 12.2 Å². The predicted molar refractivity (Wildman–Crippen MR) is 60.3 cm³/mol. The molecule has 16 heavy (non-hydrogen) atoms. The van der Waals surface area contributed by atoms with E-state index in [1.165, 1.54) is 0 Å². The molecule has 0 aromatic rings. The van der Waals surface area contributed by atoms with Gasteiger partial charge in [-0.3, -0.25) is 4.79 Å². The highest BCUT2D eigenvalue weighted by Gasteiger charge is 2.58. The van der Waals surface area contributed by atoms with E-state index in [-0.39, 0.29) is 10.7 Å². The molecule has 90 valence electrons. The van der Waals surface area contributed by atoms with Crippen molar-refractivity contribution in [2.75, 3.05) is 26.0 Å². The normalized spacial score (nSPS) is 33.9. The largest absolute Gasteiger partial charge is 0.381 e. The Morgan fingerprint density at radius 1 is 1.50 bits per heavy atom. The van der Waals surface area contributed by atoms with Gasteiger partial charge in [0.05, 0.1) is 10.9 Å². The highest BCUT2D eigenvalue weighted by molar-refractivity contribution is 8.01. The number of alkyl halides is 1. The van der Waals surface area contributed by atoms with Crippen molar-refractivity contribution in [1.82, 2.24) is 4.90 Å². The molecule has 0 bridgehead atoms. The first kappa shape index (κ1) is 10.8. The molecule has 1 saturated carbocycles. The van der Waals surface area contributed by atoms with Crippen molar-refractivity contribution in [1.29, 1.82) is 0 Å². The summed E-state index contributed by atoms with van der Waals surface area (Å²) in [7, 11) is 1.73. The Kier molecular flexibility index (Phi) is 2.27. The lowest BCUT2D eigenvalue weighted by atomic mass is 9.92. The smallest absolute Gasteiger partial charge is 0.260 e. The Morgan fingerprint density at radius 2 is 2.19 bits per heavy atom. The molecule has 1 atom stereocenters. The van der Waals surface area contributed by atoms with Gasteiger partial charge in [-0.1, -0.05) is 0 Å². The third-order valence-corrected chi connectivity index (χ3v) is 5.40. The van der Waals surface area contributed by atoms with E-state index in [4.69, 9.17) is 4.74 Å². The second kappa shape index (κ2) is 3.35. The van der Waals surface area contributed by atoms with Crippen LogP contribution in [0, 0.1) is 0 Å². The van der Waals surface area contributed by atoms with Gasteiger partial charge in [-0.2, -0.15) is 0 Å². The summed E-state index contributed by atoms with van der Waals surface area (Å²) in [5.41, 5.74) is -1.49. The number of ether oxygens (including phenoxy) is 1. The minimum absolute atomic E-state index is 0.168. The fourth-order valence-electron chi connectivity index (χ4n) is 2.57. The molecule has 2 saturated heterocycles. The molecule has 1 unspecified atom stereocenters. The maximum absolute atomic E-state index is 13.6. The second-order valence-electron chi connectivity index (χ2n) is 5.18. The number of nitrogens with zero attached hydrogens (tertiary/aromatic N) is 1. The lowest BCUT2D eigenvalue weighted by Crippen LogP contribution is -2.62. The van der Waals surface area contributed by atoms with Crippen molar-refractivity contribution >= 4 is 17.7 Å². The highest BCUT2D eigenvalue weighted by Crippen LogP contribution is 2.49. The average molecular weight is 245 g/mol. The van der Waals surface area contributed by atoms with E-state index in [1.807, 2.05) is 11.8 Å². The molecule has 0 aromatic carbocycles. The van der Waals surface area contributed by atoms with Crippen molar-refractivity contribution in [3.63, 3.8) is 0 Å². The van der Waals surface area contributed by atoms with Crippen LogP contribution < -0.4 is 0 Å². The minimum Gasteiger partial charge on any atom is -0.381 e. The van der Waals surface area contributed by atoms with Gasteiger partial charge in [0.2, 0.25) is 0 Å². The summed E-state index contributed by atoms with van der Waals surface area (Å²) in [5, 5.41) is 0. The van der Waals surface area contributed by atoms with E-state index in [1.54, 1.807) is 12.0 Å². The van der Waals surface area contributed by atoms with Gasteiger partial charge in [-0.15, -0.1) is 11.8 Å². The summed E-state index contributed by atoms with van der Waals surface area (Å²) < 4.78 is 19.0. The van der Waals surface area contributed by atoms with E-state index in [0.29, 0.717) is 32.0 Å². The van der Waals surface area contributed by atoms with E-state index in [2.05, 4.69) is 0 Å². The summed E-state index contributed by atoms with van der Waals surface area (Å²) in [6.07, 6.45) is 2.14. The number of likely N-dealkylation sites (tertiary alicyclic amines) is 1. The van der Waals surface area contributed by atoms with Gasteiger partial charge in [0.25, 0.3) is 5.91 Å². The number of hydrogen-bond acceptors (Lipinski definition) is 3. The van der Waals surface area contributed by atoms with Gasteiger partial charge < -0.3 is 9.64 Å². The first-order chi connectivity index (χ1) is 7.57. The zero-order valence-electron chi connectivity index (χ0n) is 9.37. The number of thioether (sulfide) groups is 1. The van der Waals surface area contributed by atoms with Crippen LogP contribution >= 0.6 is 11.8 Å². The van der Waals surface area contributed by atoms with Gasteiger partial charge in [-0.25, -0.2) is 4.39 Å². The van der Waals surface area contributed by atoms with Crippen molar-refractivity contribution < 1.29 is 13.9 Å². The van der Waals surface area contributed by atoms with Gasteiger partial charge in [0.1, 0.15) is 0 Å². The maximum atomic E-state index is 13.6. The van der Waals surface area contributed by atoms with E-state index < -0.39 is 5.67 Å². The van der Waals surface area contributed by atoms with Crippen molar-refractivity contribution in [2.24, 2.45) is 0 Å². The Morgan fingerprint density at radius 3 is 2.69 bits per heavy atom. The number of carbonyl (C=O) groups is 1. The number of hydrogen-bond donors (Lipinski definition) is 0. The zero-order chi connectivity index (χ0) is 11.4. The van der Waals surface area contributed by atoms with Crippen LogP contribution in [0.4, 0.5) is 4.39 Å². The molecule has 1 amide bonds. The molecule has 3 nitrogen and oxygen atoms in total. The maximum Gasteiger partial charge on any atom is 0.260 e. The van der Waals surface area contributed by atoms with Crippen LogP contribution in [0.15, 0.2) is 0 Å². The van der Waals surface area contributed by atoms with Gasteiger partial charge in [0, 0.05) is 26.0 Å². The lowest BCUT2D eigenvalue weighted by molar-refractivity contribution is -0.143. The minimum atomic E-state index is -1.49. The molecule has 0 aromatic heterocycles. The van der Waals surface area contributed by atoms with Gasteiger partial charge in [0.15, 0.2) is 5.67 Å². The zero-order valence-corrected chi connectivity index (χ0v) is 10.2. The lowest BCUT2D eigenvalue weighted by Gasteiger charge is -2.47. The molecular weight excluding hydrogens is 229 g/mol. The van der Waals surface area contributed by atoms with Crippen molar-refractivity contribution in [3.05, 3.63) is 0 Å². The number of halogens is 1. The number of amides is 1. The Hall–Kier alpha value is -0.290. The Balaban J connectivity index is 1.56. The molecule has 1 spiro atoms. The SMILES string of the molecule is COC1CSC2(C1)CN(C(=O)C1(F)CC1)C2. The molecule has 5 heteroatoms. The average Bonchev–Trinajstić information content (AvgIpc) is 2.82.